The average molecular weight is 609 g/mol. The fourth-order valence-electron chi connectivity index (χ4n) is 6.20. The van der Waals surface area contributed by atoms with Crippen LogP contribution in [-0.4, -0.2) is 71.4 Å². The molecule has 14 heteroatoms. The first-order chi connectivity index (χ1) is 21.1. The smallest absolute Gasteiger partial charge is 0.451 e. The third-order valence-corrected chi connectivity index (χ3v) is 8.41. The van der Waals surface area contributed by atoms with E-state index in [1.165, 1.54) is 12.4 Å². The Bertz CT molecular complexity index is 1630. The van der Waals surface area contributed by atoms with Crippen molar-refractivity contribution in [2.24, 2.45) is 5.92 Å². The second kappa shape index (κ2) is 12.1. The van der Waals surface area contributed by atoms with Crippen LogP contribution in [0.15, 0.2) is 37.1 Å². The normalized spacial score (nSPS) is 20.5. The number of aromatic nitrogens is 7. The number of hydrogen-bond donors (Lipinski definition) is 2. The molecule has 1 aliphatic heterocycles. The number of alkyl halides is 3. The minimum atomic E-state index is -4.66. The highest BCUT2D eigenvalue weighted by Crippen LogP contribution is 2.39. The van der Waals surface area contributed by atoms with Gasteiger partial charge in [0.25, 0.3) is 0 Å². The number of H-pyrrole nitrogens is 1. The highest BCUT2D eigenvalue weighted by molar-refractivity contribution is 5.90. The quantitative estimate of drug-likeness (QED) is 0.263. The van der Waals surface area contributed by atoms with Gasteiger partial charge in [-0.15, -0.1) is 0 Å². The van der Waals surface area contributed by atoms with E-state index in [2.05, 4.69) is 46.3 Å². The standard InChI is InChI=1S/C30H35F3N10O/c1-19(2)12-35-14-21-11-25(41-28(40-21)30(31,32)33)44-23-5-3-22(4-6-23)42-16-29(17-42,8-9-34)43-15-20(13-39-43)26-24-7-10-36-27(24)38-18-37-26/h7,10-11,13,15,18-19,22-23,35H,3-6,8,12,14,16-17H2,1-2H3,(H,36,37,38). The number of aromatic amines is 1. The number of likely N-dealkylation sites (tertiary alicyclic amines) is 1. The van der Waals surface area contributed by atoms with Gasteiger partial charge in [0.15, 0.2) is 0 Å². The zero-order valence-corrected chi connectivity index (χ0v) is 24.7. The van der Waals surface area contributed by atoms with Gasteiger partial charge in [0.2, 0.25) is 11.7 Å². The maximum absolute atomic E-state index is 13.5. The lowest BCUT2D eigenvalue weighted by Gasteiger charge is -2.53. The van der Waals surface area contributed by atoms with E-state index >= 15 is 0 Å². The molecule has 4 aromatic heterocycles. The monoisotopic (exact) mass is 608 g/mol. The second-order valence-electron chi connectivity index (χ2n) is 12.2. The van der Waals surface area contributed by atoms with Gasteiger partial charge >= 0.3 is 6.18 Å². The van der Waals surface area contributed by atoms with Crippen LogP contribution in [0.25, 0.3) is 22.3 Å². The van der Waals surface area contributed by atoms with E-state index < -0.39 is 17.5 Å². The van der Waals surface area contributed by atoms with Crippen molar-refractivity contribution in [3.8, 4) is 23.2 Å². The van der Waals surface area contributed by atoms with Gasteiger partial charge in [0, 0.05) is 55.1 Å². The Morgan fingerprint density at radius 2 is 1.98 bits per heavy atom. The molecule has 232 valence electrons. The van der Waals surface area contributed by atoms with Crippen molar-refractivity contribution < 1.29 is 17.9 Å². The predicted octanol–water partition coefficient (Wildman–Crippen LogP) is 4.69. The van der Waals surface area contributed by atoms with Crippen LogP contribution in [0.4, 0.5) is 13.2 Å². The molecule has 0 bridgehead atoms. The van der Waals surface area contributed by atoms with Gasteiger partial charge in [-0.2, -0.15) is 28.5 Å². The molecule has 6 rings (SSSR count). The van der Waals surface area contributed by atoms with Crippen molar-refractivity contribution in [1.29, 1.82) is 5.26 Å². The lowest BCUT2D eigenvalue weighted by molar-refractivity contribution is -0.145. The highest BCUT2D eigenvalue weighted by atomic mass is 19.4. The molecule has 44 heavy (non-hydrogen) atoms. The van der Waals surface area contributed by atoms with Crippen LogP contribution >= 0.6 is 0 Å². The molecule has 0 amide bonds. The van der Waals surface area contributed by atoms with Crippen LogP contribution in [0.2, 0.25) is 0 Å². The maximum atomic E-state index is 13.5. The summed E-state index contributed by atoms with van der Waals surface area (Å²) in [6.45, 7) is 6.30. The molecule has 0 unspecified atom stereocenters. The summed E-state index contributed by atoms with van der Waals surface area (Å²) in [6, 6.07) is 6.07. The van der Waals surface area contributed by atoms with Gasteiger partial charge in [-0.3, -0.25) is 9.58 Å². The van der Waals surface area contributed by atoms with Crippen molar-refractivity contribution in [2.75, 3.05) is 19.6 Å². The number of hydrogen-bond acceptors (Lipinski definition) is 9. The van der Waals surface area contributed by atoms with Gasteiger partial charge in [-0.1, -0.05) is 13.8 Å². The van der Waals surface area contributed by atoms with E-state index in [1.54, 1.807) is 6.20 Å². The summed E-state index contributed by atoms with van der Waals surface area (Å²) in [5.74, 6) is -0.860. The molecule has 1 saturated heterocycles. The zero-order valence-electron chi connectivity index (χ0n) is 24.7. The largest absolute Gasteiger partial charge is 0.474 e. The van der Waals surface area contributed by atoms with E-state index in [4.69, 9.17) is 4.74 Å². The Labute approximate surface area is 252 Å². The van der Waals surface area contributed by atoms with Crippen LogP contribution in [-0.2, 0) is 18.3 Å². The van der Waals surface area contributed by atoms with E-state index in [1.807, 2.05) is 37.0 Å². The van der Waals surface area contributed by atoms with Crippen LogP contribution in [0.3, 0.4) is 0 Å². The molecule has 2 N–H and O–H groups in total. The molecular formula is C30H35F3N10O. The maximum Gasteiger partial charge on any atom is 0.451 e. The molecule has 2 aliphatic rings. The number of nitriles is 1. The number of rotatable bonds is 10. The molecule has 4 aromatic rings. The average Bonchev–Trinajstić information content (AvgIpc) is 3.65. The summed E-state index contributed by atoms with van der Waals surface area (Å²) in [6.07, 6.45) is 5.60. The Kier molecular flexibility index (Phi) is 8.26. The molecule has 0 spiro atoms. The van der Waals surface area contributed by atoms with E-state index in [9.17, 15) is 18.4 Å². The fourth-order valence-corrected chi connectivity index (χ4v) is 6.20. The molecule has 5 heterocycles. The molecule has 1 aliphatic carbocycles. The van der Waals surface area contributed by atoms with Crippen molar-refractivity contribution in [3.63, 3.8) is 0 Å². The summed E-state index contributed by atoms with van der Waals surface area (Å²) in [4.78, 5) is 21.6. The summed E-state index contributed by atoms with van der Waals surface area (Å²) in [7, 11) is 0. The summed E-state index contributed by atoms with van der Waals surface area (Å²) >= 11 is 0. The lowest BCUT2D eigenvalue weighted by Crippen LogP contribution is -2.65. The summed E-state index contributed by atoms with van der Waals surface area (Å²) in [5.41, 5.74) is 2.23. The molecule has 0 aromatic carbocycles. The first kappa shape index (κ1) is 30.0. The number of halogens is 3. The van der Waals surface area contributed by atoms with Gasteiger partial charge in [0.05, 0.1) is 30.1 Å². The van der Waals surface area contributed by atoms with E-state index in [-0.39, 0.29) is 24.2 Å². The van der Waals surface area contributed by atoms with Crippen molar-refractivity contribution in [2.45, 2.75) is 76.4 Å². The Morgan fingerprint density at radius 1 is 1.18 bits per heavy atom. The van der Waals surface area contributed by atoms with Crippen molar-refractivity contribution >= 4 is 11.0 Å². The van der Waals surface area contributed by atoms with Gasteiger partial charge in [-0.05, 0) is 44.2 Å². The first-order valence-electron chi connectivity index (χ1n) is 14.9. The molecule has 1 saturated carbocycles. The SMILES string of the molecule is CC(C)CNCc1cc(OC2CCC(N3CC(CC#N)(n4cc(-c5ncnc6[nH]ccc56)cn4)C3)CC2)nc(C(F)(F)F)n1. The van der Waals surface area contributed by atoms with Crippen LogP contribution < -0.4 is 10.1 Å². The second-order valence-corrected chi connectivity index (χ2v) is 12.2. The van der Waals surface area contributed by atoms with Crippen LogP contribution in [0, 0.1) is 17.2 Å². The van der Waals surface area contributed by atoms with Gasteiger partial charge in [-0.25, -0.2) is 15.0 Å². The van der Waals surface area contributed by atoms with Crippen LogP contribution in [0.5, 0.6) is 5.88 Å². The lowest BCUT2D eigenvalue weighted by atomic mass is 9.82. The molecule has 2 fully saturated rings. The summed E-state index contributed by atoms with van der Waals surface area (Å²) in [5, 5.41) is 18.3. The molecular weight excluding hydrogens is 573 g/mol. The molecule has 0 radical (unpaired) electrons. The van der Waals surface area contributed by atoms with Crippen molar-refractivity contribution in [1.82, 2.24) is 44.9 Å². The third-order valence-electron chi connectivity index (χ3n) is 8.41. The first-order valence-corrected chi connectivity index (χ1v) is 14.9. The molecule has 0 atom stereocenters. The zero-order chi connectivity index (χ0) is 30.9. The Hall–Kier alpha value is -4.09. The molecule has 11 nitrogen and oxygen atoms in total. The van der Waals surface area contributed by atoms with Crippen LogP contribution in [0.1, 0.15) is 57.5 Å². The van der Waals surface area contributed by atoms with Crippen molar-refractivity contribution in [3.05, 3.63) is 48.6 Å². The number of fused-ring (bicyclic) bond motifs is 1. The number of ether oxygens (including phenoxy) is 1. The van der Waals surface area contributed by atoms with E-state index in [0.29, 0.717) is 50.9 Å². The summed E-state index contributed by atoms with van der Waals surface area (Å²) < 4.78 is 48.4. The number of nitrogens with one attached hydrogen (secondary N) is 2. The predicted molar refractivity (Wildman–Crippen MR) is 155 cm³/mol. The Balaban J connectivity index is 1.07. The van der Waals surface area contributed by atoms with E-state index in [0.717, 1.165) is 35.1 Å². The Morgan fingerprint density at radius 3 is 2.70 bits per heavy atom. The fraction of sp³-hybridized carbons (Fsp3) is 0.533. The third kappa shape index (κ3) is 6.25. The van der Waals surface area contributed by atoms with Gasteiger partial charge < -0.3 is 15.0 Å². The highest BCUT2D eigenvalue weighted by Gasteiger charge is 2.48. The van der Waals surface area contributed by atoms with Gasteiger partial charge in [0.1, 0.15) is 23.6 Å². The topological polar surface area (TPSA) is 133 Å². The number of nitrogens with zero attached hydrogens (tertiary/aromatic N) is 8. The minimum absolute atomic E-state index is 0.0378. The minimum Gasteiger partial charge on any atom is -0.474 e.